The van der Waals surface area contributed by atoms with Gasteiger partial charge in [0.1, 0.15) is 6.07 Å². The first-order valence-electron chi connectivity index (χ1n) is 8.12. The number of hydrogen-bond donors (Lipinski definition) is 0. The van der Waals surface area contributed by atoms with Crippen LogP contribution in [0.2, 0.25) is 0 Å². The van der Waals surface area contributed by atoms with Crippen LogP contribution in [0, 0.1) is 18.3 Å². The molecule has 0 amide bonds. The first-order valence-corrected chi connectivity index (χ1v) is 9.06. The highest BCUT2D eigenvalue weighted by molar-refractivity contribution is 7.07. The number of hydrogen-bond acceptors (Lipinski definition) is 5. The molecule has 4 rings (SSSR count). The number of pyridine rings is 1. The van der Waals surface area contributed by atoms with Crippen LogP contribution in [0.5, 0.6) is 0 Å². The van der Waals surface area contributed by atoms with E-state index in [2.05, 4.69) is 21.1 Å². The number of nitriles is 1. The average Bonchev–Trinajstić information content (AvgIpc) is 3.34. The standard InChI is InChI=1S/C20H15N5S/c1-14-5-6-17(10-21)20(23-14)16-4-2-3-15(9-16)19-7-8-25(24-19)11-18-12-26-13-22-18/h2-9,12-13H,11H2,1H3. The van der Waals surface area contributed by atoms with E-state index >= 15 is 0 Å². The summed E-state index contributed by atoms with van der Waals surface area (Å²) in [5.41, 5.74) is 7.78. The second-order valence-corrected chi connectivity index (χ2v) is 6.64. The minimum atomic E-state index is 0.571. The Kier molecular flexibility index (Phi) is 4.30. The van der Waals surface area contributed by atoms with Crippen LogP contribution in [-0.2, 0) is 6.54 Å². The third kappa shape index (κ3) is 3.25. The average molecular weight is 357 g/mol. The molecule has 0 spiro atoms. The van der Waals surface area contributed by atoms with Gasteiger partial charge in [-0.25, -0.2) is 4.98 Å². The fraction of sp³-hybridized carbons (Fsp3) is 0.100. The summed E-state index contributed by atoms with van der Waals surface area (Å²) in [6.45, 7) is 2.58. The third-order valence-corrected chi connectivity index (χ3v) is 4.67. The molecule has 26 heavy (non-hydrogen) atoms. The zero-order valence-corrected chi connectivity index (χ0v) is 14.9. The van der Waals surface area contributed by atoms with Crippen molar-refractivity contribution in [2.45, 2.75) is 13.5 Å². The summed E-state index contributed by atoms with van der Waals surface area (Å²) in [6.07, 6.45) is 1.95. The van der Waals surface area contributed by atoms with Crippen molar-refractivity contribution >= 4 is 11.3 Å². The van der Waals surface area contributed by atoms with Crippen molar-refractivity contribution < 1.29 is 0 Å². The lowest BCUT2D eigenvalue weighted by Gasteiger charge is -2.06. The normalized spacial score (nSPS) is 10.6. The number of rotatable bonds is 4. The van der Waals surface area contributed by atoms with Crippen LogP contribution in [0.3, 0.4) is 0 Å². The molecule has 3 aromatic heterocycles. The molecule has 0 aliphatic carbocycles. The lowest BCUT2D eigenvalue weighted by molar-refractivity contribution is 0.678. The van der Waals surface area contributed by atoms with Crippen LogP contribution >= 0.6 is 11.3 Å². The van der Waals surface area contributed by atoms with Gasteiger partial charge in [-0.05, 0) is 31.2 Å². The van der Waals surface area contributed by atoms with Gasteiger partial charge in [0.05, 0.1) is 34.7 Å². The third-order valence-electron chi connectivity index (χ3n) is 4.03. The van der Waals surface area contributed by atoms with E-state index < -0.39 is 0 Å². The van der Waals surface area contributed by atoms with Crippen LogP contribution in [0.25, 0.3) is 22.5 Å². The summed E-state index contributed by atoms with van der Waals surface area (Å²) in [6, 6.07) is 15.9. The molecule has 6 heteroatoms. The van der Waals surface area contributed by atoms with Gasteiger partial charge in [0, 0.05) is 28.4 Å². The molecule has 0 fully saturated rings. The Morgan fingerprint density at radius 2 is 2.04 bits per heavy atom. The van der Waals surface area contributed by atoms with E-state index in [-0.39, 0.29) is 0 Å². The quantitative estimate of drug-likeness (QED) is 0.546. The van der Waals surface area contributed by atoms with Gasteiger partial charge in [-0.3, -0.25) is 9.67 Å². The molecule has 0 aliphatic rings. The molecule has 0 saturated heterocycles. The molecule has 0 bridgehead atoms. The maximum atomic E-state index is 9.37. The monoisotopic (exact) mass is 357 g/mol. The SMILES string of the molecule is Cc1ccc(C#N)c(-c2cccc(-c3ccn(Cc4cscn4)n3)c2)n1. The van der Waals surface area contributed by atoms with Crippen molar-refractivity contribution in [1.29, 1.82) is 5.26 Å². The molecule has 0 aliphatic heterocycles. The predicted octanol–water partition coefficient (Wildman–Crippen LogP) is 4.30. The molecular formula is C20H15N5S. The molecule has 0 saturated carbocycles. The lowest BCUT2D eigenvalue weighted by atomic mass is 10.0. The Morgan fingerprint density at radius 3 is 2.85 bits per heavy atom. The Bertz CT molecular complexity index is 1090. The van der Waals surface area contributed by atoms with E-state index in [1.54, 1.807) is 11.3 Å². The van der Waals surface area contributed by atoms with Gasteiger partial charge in [0.25, 0.3) is 0 Å². The second-order valence-electron chi connectivity index (χ2n) is 5.92. The van der Waals surface area contributed by atoms with Crippen LogP contribution in [0.15, 0.2) is 59.6 Å². The minimum absolute atomic E-state index is 0.571. The summed E-state index contributed by atoms with van der Waals surface area (Å²) in [5.74, 6) is 0. The summed E-state index contributed by atoms with van der Waals surface area (Å²) in [5, 5.41) is 16.0. The minimum Gasteiger partial charge on any atom is -0.266 e. The summed E-state index contributed by atoms with van der Waals surface area (Å²) >= 11 is 1.58. The highest BCUT2D eigenvalue weighted by Gasteiger charge is 2.10. The van der Waals surface area contributed by atoms with Crippen molar-refractivity contribution in [3.05, 3.63) is 76.5 Å². The second kappa shape index (κ2) is 6.90. The zero-order chi connectivity index (χ0) is 17.9. The molecular weight excluding hydrogens is 342 g/mol. The highest BCUT2D eigenvalue weighted by Crippen LogP contribution is 2.26. The Morgan fingerprint density at radius 1 is 1.15 bits per heavy atom. The number of thiazole rings is 1. The Hall–Kier alpha value is -3.30. The Labute approximate surface area is 155 Å². The Balaban J connectivity index is 1.68. The molecule has 0 unspecified atom stereocenters. The summed E-state index contributed by atoms with van der Waals surface area (Å²) in [4.78, 5) is 8.84. The lowest BCUT2D eigenvalue weighted by Crippen LogP contribution is -2.00. The van der Waals surface area contributed by atoms with E-state index in [1.807, 2.05) is 71.2 Å². The van der Waals surface area contributed by atoms with Crippen LogP contribution in [0.1, 0.15) is 17.0 Å². The molecule has 126 valence electrons. The van der Waals surface area contributed by atoms with E-state index in [0.717, 1.165) is 28.2 Å². The van der Waals surface area contributed by atoms with Crippen LogP contribution in [-0.4, -0.2) is 19.7 Å². The first kappa shape index (κ1) is 16.2. The van der Waals surface area contributed by atoms with Gasteiger partial charge in [-0.1, -0.05) is 18.2 Å². The molecule has 0 atom stereocenters. The summed E-state index contributed by atoms with van der Waals surface area (Å²) < 4.78 is 1.88. The zero-order valence-electron chi connectivity index (χ0n) is 14.1. The maximum absolute atomic E-state index is 9.37. The van der Waals surface area contributed by atoms with Gasteiger partial charge in [0.15, 0.2) is 0 Å². The van der Waals surface area contributed by atoms with Gasteiger partial charge in [0.2, 0.25) is 0 Å². The molecule has 3 heterocycles. The molecule has 0 radical (unpaired) electrons. The van der Waals surface area contributed by atoms with Crippen molar-refractivity contribution in [3.63, 3.8) is 0 Å². The summed E-state index contributed by atoms with van der Waals surface area (Å²) in [7, 11) is 0. The van der Waals surface area contributed by atoms with Crippen molar-refractivity contribution in [3.8, 4) is 28.6 Å². The largest absolute Gasteiger partial charge is 0.266 e. The van der Waals surface area contributed by atoms with Crippen molar-refractivity contribution in [2.24, 2.45) is 0 Å². The number of nitrogens with zero attached hydrogens (tertiary/aromatic N) is 5. The number of aryl methyl sites for hydroxylation is 1. The van der Waals surface area contributed by atoms with Crippen LogP contribution in [0.4, 0.5) is 0 Å². The number of aromatic nitrogens is 4. The molecule has 0 N–H and O–H groups in total. The van der Waals surface area contributed by atoms with Gasteiger partial charge >= 0.3 is 0 Å². The number of benzene rings is 1. The molecule has 5 nitrogen and oxygen atoms in total. The van der Waals surface area contributed by atoms with E-state index in [0.29, 0.717) is 17.8 Å². The van der Waals surface area contributed by atoms with Gasteiger partial charge in [-0.2, -0.15) is 10.4 Å². The maximum Gasteiger partial charge on any atom is 0.101 e. The van der Waals surface area contributed by atoms with E-state index in [9.17, 15) is 5.26 Å². The van der Waals surface area contributed by atoms with Gasteiger partial charge < -0.3 is 0 Å². The fourth-order valence-electron chi connectivity index (χ4n) is 2.78. The van der Waals surface area contributed by atoms with Gasteiger partial charge in [-0.15, -0.1) is 11.3 Å². The van der Waals surface area contributed by atoms with Crippen molar-refractivity contribution in [1.82, 2.24) is 19.7 Å². The fourth-order valence-corrected chi connectivity index (χ4v) is 3.33. The molecule has 4 aromatic rings. The predicted molar refractivity (Wildman–Crippen MR) is 102 cm³/mol. The van der Waals surface area contributed by atoms with E-state index in [4.69, 9.17) is 0 Å². The topological polar surface area (TPSA) is 67.4 Å². The smallest absolute Gasteiger partial charge is 0.101 e. The first-order chi connectivity index (χ1) is 12.7. The highest BCUT2D eigenvalue weighted by atomic mass is 32.1. The van der Waals surface area contributed by atoms with E-state index in [1.165, 1.54) is 0 Å². The van der Waals surface area contributed by atoms with Crippen molar-refractivity contribution in [2.75, 3.05) is 0 Å². The molecule has 1 aromatic carbocycles. The van der Waals surface area contributed by atoms with Crippen LogP contribution < -0.4 is 0 Å².